The van der Waals surface area contributed by atoms with Gasteiger partial charge in [-0.3, -0.25) is 4.79 Å². The van der Waals surface area contributed by atoms with Crippen molar-refractivity contribution in [1.29, 1.82) is 0 Å². The quantitative estimate of drug-likeness (QED) is 0.911. The van der Waals surface area contributed by atoms with Crippen LogP contribution >= 0.6 is 11.3 Å². The fourth-order valence-electron chi connectivity index (χ4n) is 2.59. The van der Waals surface area contributed by atoms with Crippen molar-refractivity contribution in [3.8, 4) is 5.75 Å². The highest BCUT2D eigenvalue weighted by Gasteiger charge is 2.31. The van der Waals surface area contributed by atoms with E-state index in [1.54, 1.807) is 7.11 Å². The summed E-state index contributed by atoms with van der Waals surface area (Å²) in [5.41, 5.74) is 0.752. The Labute approximate surface area is 120 Å². The first-order valence-corrected chi connectivity index (χ1v) is 7.43. The molecule has 1 fully saturated rings. The zero-order chi connectivity index (χ0) is 14.1. The minimum atomic E-state index is -0.529. The van der Waals surface area contributed by atoms with Crippen molar-refractivity contribution in [2.75, 3.05) is 12.4 Å². The van der Waals surface area contributed by atoms with Gasteiger partial charge in [-0.2, -0.15) is 0 Å². The lowest BCUT2D eigenvalue weighted by Crippen LogP contribution is -2.28. The van der Waals surface area contributed by atoms with Crippen molar-refractivity contribution in [1.82, 2.24) is 4.98 Å². The molecule has 1 aliphatic carbocycles. The number of carbonyl (C=O) groups excluding carboxylic acids is 1. The molecule has 20 heavy (non-hydrogen) atoms. The maximum atomic E-state index is 12.1. The van der Waals surface area contributed by atoms with Gasteiger partial charge < -0.3 is 15.2 Å². The number of carbonyl (C=O) groups is 1. The van der Waals surface area contributed by atoms with Crippen LogP contribution in [0.15, 0.2) is 18.2 Å². The molecule has 2 unspecified atom stereocenters. The maximum absolute atomic E-state index is 12.1. The number of fused-ring (bicyclic) bond motifs is 1. The zero-order valence-electron chi connectivity index (χ0n) is 11.1. The number of anilines is 1. The Kier molecular flexibility index (Phi) is 3.58. The van der Waals surface area contributed by atoms with Crippen LogP contribution < -0.4 is 10.1 Å². The Morgan fingerprint density at radius 1 is 1.50 bits per heavy atom. The summed E-state index contributed by atoms with van der Waals surface area (Å²) in [5, 5.41) is 13.1. The van der Waals surface area contributed by atoms with Gasteiger partial charge in [0.15, 0.2) is 5.13 Å². The van der Waals surface area contributed by atoms with Gasteiger partial charge in [0.2, 0.25) is 5.91 Å². The first kappa shape index (κ1) is 13.3. The third-order valence-electron chi connectivity index (χ3n) is 3.65. The van der Waals surface area contributed by atoms with E-state index in [1.807, 2.05) is 18.2 Å². The molecule has 106 valence electrons. The second-order valence-electron chi connectivity index (χ2n) is 4.92. The van der Waals surface area contributed by atoms with E-state index >= 15 is 0 Å². The normalized spacial score (nSPS) is 22.1. The van der Waals surface area contributed by atoms with Crippen molar-refractivity contribution in [3.63, 3.8) is 0 Å². The van der Waals surface area contributed by atoms with Gasteiger partial charge >= 0.3 is 0 Å². The molecule has 1 aliphatic rings. The summed E-state index contributed by atoms with van der Waals surface area (Å²) in [6, 6.07) is 5.68. The van der Waals surface area contributed by atoms with Crippen molar-refractivity contribution >= 4 is 32.6 Å². The highest BCUT2D eigenvalue weighted by molar-refractivity contribution is 7.22. The second-order valence-corrected chi connectivity index (χ2v) is 5.95. The van der Waals surface area contributed by atoms with E-state index < -0.39 is 6.10 Å². The van der Waals surface area contributed by atoms with E-state index in [1.165, 1.54) is 11.3 Å². The first-order valence-electron chi connectivity index (χ1n) is 6.61. The number of benzene rings is 1. The molecule has 0 bridgehead atoms. The van der Waals surface area contributed by atoms with E-state index in [2.05, 4.69) is 10.3 Å². The van der Waals surface area contributed by atoms with Gasteiger partial charge in [-0.05, 0) is 31.4 Å². The summed E-state index contributed by atoms with van der Waals surface area (Å²) in [4.78, 5) is 16.5. The number of nitrogens with one attached hydrogen (secondary N) is 1. The van der Waals surface area contributed by atoms with Gasteiger partial charge in [0.05, 0.1) is 23.8 Å². The summed E-state index contributed by atoms with van der Waals surface area (Å²) in [6.45, 7) is 0. The molecule has 1 saturated carbocycles. The number of methoxy groups -OCH3 is 1. The van der Waals surface area contributed by atoms with Crippen LogP contribution in [0.1, 0.15) is 19.3 Å². The highest BCUT2D eigenvalue weighted by Crippen LogP contribution is 2.33. The average molecular weight is 292 g/mol. The van der Waals surface area contributed by atoms with Gasteiger partial charge in [0, 0.05) is 0 Å². The van der Waals surface area contributed by atoms with E-state index in [4.69, 9.17) is 4.74 Å². The number of para-hydroxylation sites is 1. The summed E-state index contributed by atoms with van der Waals surface area (Å²) >= 11 is 1.41. The minimum absolute atomic E-state index is 0.145. The Morgan fingerprint density at radius 2 is 2.35 bits per heavy atom. The summed E-state index contributed by atoms with van der Waals surface area (Å²) in [7, 11) is 1.60. The molecule has 2 atom stereocenters. The largest absolute Gasteiger partial charge is 0.494 e. The third kappa shape index (κ3) is 2.36. The standard InChI is InChI=1S/C14H16N2O3S/c1-19-10-6-3-7-11-12(10)15-14(20-11)16-13(18)8-4-2-5-9(8)17/h3,6-9,17H,2,4-5H2,1H3,(H,15,16,18). The lowest BCUT2D eigenvalue weighted by molar-refractivity contribution is -0.122. The van der Waals surface area contributed by atoms with Gasteiger partial charge in [-0.15, -0.1) is 0 Å². The molecule has 0 aliphatic heterocycles. The number of amides is 1. The van der Waals surface area contributed by atoms with Gasteiger partial charge in [-0.25, -0.2) is 4.98 Å². The number of thiazole rings is 1. The van der Waals surface area contributed by atoms with Crippen LogP contribution in [0.2, 0.25) is 0 Å². The van der Waals surface area contributed by atoms with Crippen LogP contribution in [-0.2, 0) is 4.79 Å². The Morgan fingerprint density at radius 3 is 3.05 bits per heavy atom. The third-order valence-corrected chi connectivity index (χ3v) is 4.58. The van der Waals surface area contributed by atoms with Gasteiger partial charge in [0.1, 0.15) is 11.3 Å². The molecule has 0 radical (unpaired) electrons. The Hall–Kier alpha value is -1.66. The molecule has 6 heteroatoms. The number of hydrogen-bond donors (Lipinski definition) is 2. The molecule has 2 aromatic rings. The number of ether oxygens (including phenoxy) is 1. The Balaban J connectivity index is 1.82. The number of hydrogen-bond acceptors (Lipinski definition) is 5. The molecule has 0 saturated heterocycles. The summed E-state index contributed by atoms with van der Waals surface area (Å²) in [6.07, 6.45) is 1.80. The number of nitrogens with zero attached hydrogens (tertiary/aromatic N) is 1. The van der Waals surface area contributed by atoms with Crippen LogP contribution in [-0.4, -0.2) is 29.2 Å². The van der Waals surface area contributed by atoms with Gasteiger partial charge in [0.25, 0.3) is 0 Å². The molecule has 1 aromatic heterocycles. The molecule has 1 amide bonds. The van der Waals surface area contributed by atoms with E-state index in [0.717, 1.165) is 23.1 Å². The molecular weight excluding hydrogens is 276 g/mol. The van der Waals surface area contributed by atoms with E-state index in [-0.39, 0.29) is 11.8 Å². The first-order chi connectivity index (χ1) is 9.69. The maximum Gasteiger partial charge on any atom is 0.231 e. The SMILES string of the molecule is COc1cccc2sc(NC(=O)C3CCCC3O)nc12. The van der Waals surface area contributed by atoms with E-state index in [9.17, 15) is 9.90 Å². The lowest BCUT2D eigenvalue weighted by Gasteiger charge is -2.12. The number of aliphatic hydroxyl groups is 1. The molecular formula is C14H16N2O3S. The second kappa shape index (κ2) is 5.38. The van der Waals surface area contributed by atoms with Crippen LogP contribution in [0.4, 0.5) is 5.13 Å². The molecule has 2 N–H and O–H groups in total. The zero-order valence-corrected chi connectivity index (χ0v) is 11.9. The summed E-state index contributed by atoms with van der Waals surface area (Å²) in [5.74, 6) is 0.233. The molecule has 5 nitrogen and oxygen atoms in total. The predicted octanol–water partition coefficient (Wildman–Crippen LogP) is 2.40. The minimum Gasteiger partial charge on any atom is -0.494 e. The predicted molar refractivity (Wildman–Crippen MR) is 78.1 cm³/mol. The topological polar surface area (TPSA) is 71.5 Å². The number of aliphatic hydroxyl groups excluding tert-OH is 1. The van der Waals surface area contributed by atoms with Gasteiger partial charge in [-0.1, -0.05) is 17.4 Å². The smallest absolute Gasteiger partial charge is 0.231 e. The molecule has 1 aromatic carbocycles. The summed E-state index contributed by atoms with van der Waals surface area (Å²) < 4.78 is 6.22. The number of rotatable bonds is 3. The van der Waals surface area contributed by atoms with Crippen LogP contribution in [0, 0.1) is 5.92 Å². The Bertz CT molecular complexity index is 640. The fourth-order valence-corrected chi connectivity index (χ4v) is 3.47. The van der Waals surface area contributed by atoms with Crippen LogP contribution in [0.3, 0.4) is 0 Å². The fraction of sp³-hybridized carbons (Fsp3) is 0.429. The molecule has 3 rings (SSSR count). The van der Waals surface area contributed by atoms with Crippen LogP contribution in [0.5, 0.6) is 5.75 Å². The van der Waals surface area contributed by atoms with Crippen molar-refractivity contribution < 1.29 is 14.6 Å². The molecule has 0 spiro atoms. The van der Waals surface area contributed by atoms with Crippen molar-refractivity contribution in [3.05, 3.63) is 18.2 Å². The molecule has 1 heterocycles. The van der Waals surface area contributed by atoms with Crippen molar-refractivity contribution in [2.45, 2.75) is 25.4 Å². The van der Waals surface area contributed by atoms with Crippen molar-refractivity contribution in [2.24, 2.45) is 5.92 Å². The number of aromatic nitrogens is 1. The monoisotopic (exact) mass is 292 g/mol. The lowest BCUT2D eigenvalue weighted by atomic mass is 10.1. The highest BCUT2D eigenvalue weighted by atomic mass is 32.1. The van der Waals surface area contributed by atoms with Crippen LogP contribution in [0.25, 0.3) is 10.2 Å². The average Bonchev–Trinajstić information content (AvgIpc) is 3.03. The van der Waals surface area contributed by atoms with E-state index in [0.29, 0.717) is 17.3 Å².